The van der Waals surface area contributed by atoms with Crippen molar-refractivity contribution in [3.05, 3.63) is 94.8 Å². The van der Waals surface area contributed by atoms with Crippen molar-refractivity contribution in [2.45, 2.75) is 82.8 Å². The normalized spacial score (nSPS) is 21.7. The minimum absolute atomic E-state index is 0.151. The molecule has 1 N–H and O–H groups in total. The quantitative estimate of drug-likeness (QED) is 0.220. The van der Waals surface area contributed by atoms with Gasteiger partial charge in [0, 0.05) is 36.8 Å². The van der Waals surface area contributed by atoms with Gasteiger partial charge in [0.05, 0.1) is 37.3 Å². The van der Waals surface area contributed by atoms with E-state index in [1.807, 2.05) is 96.3 Å². The van der Waals surface area contributed by atoms with E-state index >= 15 is 0 Å². The Balaban J connectivity index is 1.32. The summed E-state index contributed by atoms with van der Waals surface area (Å²) in [6, 6.07) is 19.2. The molecule has 0 bridgehead atoms. The van der Waals surface area contributed by atoms with Crippen LogP contribution in [0.25, 0.3) is 11.3 Å². The fraction of sp³-hybridized carbons (Fsp3) is 0.459. The van der Waals surface area contributed by atoms with Gasteiger partial charge < -0.3 is 28.9 Å². The standard InChI is InChI=1S/C37H45N5O5S/c1-36(2,3)47-35(44)40-19-20-41(29(23-40)22-27-12-6-4-7-13-27)34(43)32-33(28-14-8-5-9-15-28)42(26-39-32)30-16-10-11-17-37(30,45)25-46-24-31-38-18-21-48-31/h4-9,12-15,18,21,26,29-30,45H,10-11,16-17,19-20,22-25H2,1-3H3/t29-,30+,37?/m1/s1. The molecular formula is C37H45N5O5S. The third kappa shape index (κ3) is 7.80. The Bertz CT molecular complexity index is 1660. The zero-order valence-electron chi connectivity index (χ0n) is 28.0. The molecule has 1 aliphatic carbocycles. The molecule has 1 saturated heterocycles. The molecule has 6 rings (SSSR count). The Morgan fingerprint density at radius 1 is 1.02 bits per heavy atom. The van der Waals surface area contributed by atoms with Crippen LogP contribution in [0.2, 0.25) is 0 Å². The van der Waals surface area contributed by atoms with Gasteiger partial charge in [-0.25, -0.2) is 14.8 Å². The maximum atomic E-state index is 14.7. The van der Waals surface area contributed by atoms with Crippen LogP contribution in [0.5, 0.6) is 0 Å². The number of thiazole rings is 1. The fourth-order valence-electron chi connectivity index (χ4n) is 6.86. The topological polar surface area (TPSA) is 110 Å². The van der Waals surface area contributed by atoms with Crippen molar-refractivity contribution in [1.82, 2.24) is 24.3 Å². The van der Waals surface area contributed by atoms with Gasteiger partial charge in [-0.05, 0) is 45.6 Å². The highest BCUT2D eigenvalue weighted by Crippen LogP contribution is 2.41. The lowest BCUT2D eigenvalue weighted by atomic mass is 9.80. The van der Waals surface area contributed by atoms with Gasteiger partial charge in [-0.2, -0.15) is 0 Å². The second kappa shape index (κ2) is 14.6. The molecule has 254 valence electrons. The second-order valence-electron chi connectivity index (χ2n) is 13.8. The number of benzene rings is 2. The summed E-state index contributed by atoms with van der Waals surface area (Å²) < 4.78 is 13.7. The number of carbonyl (C=O) groups is 2. The first-order valence-electron chi connectivity index (χ1n) is 16.7. The number of amides is 2. The predicted molar refractivity (Wildman–Crippen MR) is 185 cm³/mol. The van der Waals surface area contributed by atoms with Crippen LogP contribution in [0.3, 0.4) is 0 Å². The molecule has 2 aromatic carbocycles. The number of ether oxygens (including phenoxy) is 2. The van der Waals surface area contributed by atoms with Crippen molar-refractivity contribution in [2.75, 3.05) is 26.2 Å². The largest absolute Gasteiger partial charge is 0.444 e. The molecule has 2 aliphatic rings. The maximum Gasteiger partial charge on any atom is 0.410 e. The van der Waals surface area contributed by atoms with Gasteiger partial charge in [0.25, 0.3) is 5.91 Å². The number of nitrogens with zero attached hydrogens (tertiary/aromatic N) is 5. The first kappa shape index (κ1) is 33.8. The molecule has 1 aliphatic heterocycles. The number of aromatic nitrogens is 3. The third-order valence-corrected chi connectivity index (χ3v) is 9.86. The van der Waals surface area contributed by atoms with Crippen LogP contribution in [-0.2, 0) is 22.5 Å². The maximum absolute atomic E-state index is 14.7. The molecule has 1 saturated carbocycles. The lowest BCUT2D eigenvalue weighted by Gasteiger charge is -2.42. The first-order chi connectivity index (χ1) is 23.1. The third-order valence-electron chi connectivity index (χ3n) is 9.11. The van der Waals surface area contributed by atoms with Gasteiger partial charge >= 0.3 is 6.09 Å². The van der Waals surface area contributed by atoms with Crippen LogP contribution < -0.4 is 0 Å². The molecule has 2 fully saturated rings. The molecule has 3 heterocycles. The molecule has 2 amide bonds. The Morgan fingerprint density at radius 3 is 2.48 bits per heavy atom. The highest BCUT2D eigenvalue weighted by Gasteiger charge is 2.43. The number of aliphatic hydroxyl groups is 1. The van der Waals surface area contributed by atoms with Crippen molar-refractivity contribution in [2.24, 2.45) is 0 Å². The Morgan fingerprint density at radius 2 is 1.77 bits per heavy atom. The SMILES string of the molecule is CC(C)(C)OC(=O)N1CCN(C(=O)c2ncn([C@H]3CCCCC3(O)COCc3nccs3)c2-c2ccccc2)[C@H](Cc2ccccc2)C1. The van der Waals surface area contributed by atoms with Gasteiger partial charge in [0.15, 0.2) is 5.69 Å². The molecule has 3 atom stereocenters. The number of rotatable bonds is 9. The fourth-order valence-corrected chi connectivity index (χ4v) is 7.41. The van der Waals surface area contributed by atoms with E-state index in [1.54, 1.807) is 17.4 Å². The molecule has 0 radical (unpaired) electrons. The highest BCUT2D eigenvalue weighted by molar-refractivity contribution is 7.09. The summed E-state index contributed by atoms with van der Waals surface area (Å²) in [6.45, 7) is 7.09. The van der Waals surface area contributed by atoms with Crippen molar-refractivity contribution in [3.8, 4) is 11.3 Å². The van der Waals surface area contributed by atoms with Gasteiger partial charge in [-0.3, -0.25) is 4.79 Å². The summed E-state index contributed by atoms with van der Waals surface area (Å²) in [5, 5.41) is 14.9. The van der Waals surface area contributed by atoms with Crippen molar-refractivity contribution in [1.29, 1.82) is 0 Å². The van der Waals surface area contributed by atoms with E-state index in [0.29, 0.717) is 50.5 Å². The van der Waals surface area contributed by atoms with Crippen LogP contribution >= 0.6 is 11.3 Å². The summed E-state index contributed by atoms with van der Waals surface area (Å²) >= 11 is 1.53. The van der Waals surface area contributed by atoms with E-state index in [4.69, 9.17) is 14.5 Å². The molecule has 2 aromatic heterocycles. The predicted octanol–water partition coefficient (Wildman–Crippen LogP) is 6.37. The van der Waals surface area contributed by atoms with Gasteiger partial charge in [-0.1, -0.05) is 73.5 Å². The van der Waals surface area contributed by atoms with E-state index in [-0.39, 0.29) is 30.7 Å². The van der Waals surface area contributed by atoms with Crippen molar-refractivity contribution < 1.29 is 24.2 Å². The zero-order valence-corrected chi connectivity index (χ0v) is 28.8. The summed E-state index contributed by atoms with van der Waals surface area (Å²) in [7, 11) is 0. The first-order valence-corrected chi connectivity index (χ1v) is 17.6. The van der Waals surface area contributed by atoms with Crippen LogP contribution in [0.15, 0.2) is 78.6 Å². The minimum atomic E-state index is -1.14. The molecular weight excluding hydrogens is 627 g/mol. The Kier molecular flexibility index (Phi) is 10.3. The summed E-state index contributed by atoms with van der Waals surface area (Å²) in [5.74, 6) is -0.197. The zero-order chi connectivity index (χ0) is 33.7. The van der Waals surface area contributed by atoms with E-state index in [1.165, 1.54) is 11.3 Å². The molecule has 0 spiro atoms. The molecule has 48 heavy (non-hydrogen) atoms. The van der Waals surface area contributed by atoms with Crippen LogP contribution in [0, 0.1) is 0 Å². The lowest BCUT2D eigenvalue weighted by Crippen LogP contribution is -2.58. The summed E-state index contributed by atoms with van der Waals surface area (Å²) in [4.78, 5) is 40.5. The average molecular weight is 672 g/mol. The Hall–Kier alpha value is -4.06. The highest BCUT2D eigenvalue weighted by atomic mass is 32.1. The number of imidazole rings is 1. The van der Waals surface area contributed by atoms with Crippen LogP contribution in [-0.4, -0.2) is 84.9 Å². The summed E-state index contributed by atoms with van der Waals surface area (Å²) in [6.07, 6.45) is 6.80. The van der Waals surface area contributed by atoms with E-state index < -0.39 is 11.2 Å². The van der Waals surface area contributed by atoms with E-state index in [2.05, 4.69) is 4.98 Å². The van der Waals surface area contributed by atoms with Crippen LogP contribution in [0.1, 0.15) is 73.6 Å². The summed E-state index contributed by atoms with van der Waals surface area (Å²) in [5.41, 5.74) is 1.17. The Labute approximate surface area is 286 Å². The lowest BCUT2D eigenvalue weighted by molar-refractivity contribution is -0.103. The van der Waals surface area contributed by atoms with E-state index in [0.717, 1.165) is 35.4 Å². The number of hydrogen-bond donors (Lipinski definition) is 1. The molecule has 10 nitrogen and oxygen atoms in total. The van der Waals surface area contributed by atoms with Gasteiger partial charge in [0.2, 0.25) is 0 Å². The molecule has 4 aromatic rings. The minimum Gasteiger partial charge on any atom is -0.444 e. The molecule has 11 heteroatoms. The molecule has 1 unspecified atom stereocenters. The van der Waals surface area contributed by atoms with Gasteiger partial charge in [0.1, 0.15) is 16.2 Å². The number of carbonyl (C=O) groups excluding carboxylic acids is 2. The second-order valence-corrected chi connectivity index (χ2v) is 14.7. The number of piperazine rings is 1. The van der Waals surface area contributed by atoms with Crippen LogP contribution in [0.4, 0.5) is 4.79 Å². The van der Waals surface area contributed by atoms with Gasteiger partial charge in [-0.15, -0.1) is 11.3 Å². The number of hydrogen-bond acceptors (Lipinski definition) is 8. The van der Waals surface area contributed by atoms with Crippen molar-refractivity contribution in [3.63, 3.8) is 0 Å². The van der Waals surface area contributed by atoms with E-state index in [9.17, 15) is 14.7 Å². The smallest absolute Gasteiger partial charge is 0.410 e. The average Bonchev–Trinajstić information content (AvgIpc) is 3.75. The monoisotopic (exact) mass is 671 g/mol. The van der Waals surface area contributed by atoms with Crippen molar-refractivity contribution >= 4 is 23.3 Å².